The molecule has 7 heteroatoms. The van der Waals surface area contributed by atoms with Gasteiger partial charge in [0.05, 0.1) is 29.3 Å². The Bertz CT molecular complexity index is 863. The molecule has 2 saturated heterocycles. The topological polar surface area (TPSA) is 103 Å². The standard InChI is InChI=1S/C22H31N5O2/c1-13(23)25-19-11-24-14(2)27-12-18(20(28)22(19,27)3)26-21(29)17-10-6-8-15-7-4-5-9-16(15)17/h6,8,10,18-20,24,28H,2,4-5,7,9,11-12H2,1,3H3,(H2,23,25)(H,26,29). The van der Waals surface area contributed by atoms with E-state index in [2.05, 4.69) is 28.3 Å². The molecule has 0 saturated carbocycles. The van der Waals surface area contributed by atoms with Crippen LogP contribution in [0.15, 0.2) is 35.6 Å². The van der Waals surface area contributed by atoms with Crippen molar-refractivity contribution in [3.05, 3.63) is 47.3 Å². The monoisotopic (exact) mass is 397 g/mol. The van der Waals surface area contributed by atoms with E-state index in [0.717, 1.165) is 36.2 Å². The highest BCUT2D eigenvalue weighted by atomic mass is 16.3. The Balaban J connectivity index is 1.59. The summed E-state index contributed by atoms with van der Waals surface area (Å²) in [5.41, 5.74) is 8.30. The summed E-state index contributed by atoms with van der Waals surface area (Å²) >= 11 is 0. The number of nitrogens with zero attached hydrogens (tertiary/aromatic N) is 2. The van der Waals surface area contributed by atoms with Gasteiger partial charge in [0.25, 0.3) is 5.91 Å². The first-order chi connectivity index (χ1) is 13.8. The number of benzene rings is 1. The second-order valence-electron chi connectivity index (χ2n) is 8.63. The molecule has 0 bridgehead atoms. The summed E-state index contributed by atoms with van der Waals surface area (Å²) in [6.07, 6.45) is 3.45. The number of hydrogen-bond donors (Lipinski definition) is 4. The van der Waals surface area contributed by atoms with E-state index in [9.17, 15) is 9.90 Å². The van der Waals surface area contributed by atoms with Crippen molar-refractivity contribution in [1.29, 1.82) is 0 Å². The van der Waals surface area contributed by atoms with Gasteiger partial charge in [0, 0.05) is 18.7 Å². The molecule has 29 heavy (non-hydrogen) atoms. The van der Waals surface area contributed by atoms with Crippen LogP contribution < -0.4 is 16.4 Å². The van der Waals surface area contributed by atoms with Crippen molar-refractivity contribution in [3.63, 3.8) is 0 Å². The molecule has 7 nitrogen and oxygen atoms in total. The summed E-state index contributed by atoms with van der Waals surface area (Å²) in [5, 5.41) is 17.6. The SMILES string of the molecule is C=C1NCC(N=C(C)N)C2(C)C(O)C(NC(=O)c3cccc4c3CCCC4)CN12. The van der Waals surface area contributed by atoms with Crippen molar-refractivity contribution in [2.24, 2.45) is 10.7 Å². The number of amidine groups is 1. The predicted molar refractivity (Wildman–Crippen MR) is 114 cm³/mol. The number of carbonyl (C=O) groups is 1. The third-order valence-corrected chi connectivity index (χ3v) is 6.76. The smallest absolute Gasteiger partial charge is 0.251 e. The van der Waals surface area contributed by atoms with Gasteiger partial charge >= 0.3 is 0 Å². The van der Waals surface area contributed by atoms with Crippen LogP contribution in [-0.4, -0.2) is 58.6 Å². The van der Waals surface area contributed by atoms with Crippen molar-refractivity contribution in [3.8, 4) is 0 Å². The van der Waals surface area contributed by atoms with E-state index in [1.807, 2.05) is 24.0 Å². The minimum Gasteiger partial charge on any atom is -0.388 e. The van der Waals surface area contributed by atoms with Crippen LogP contribution in [0.25, 0.3) is 0 Å². The zero-order chi connectivity index (χ0) is 20.8. The lowest BCUT2D eigenvalue weighted by atomic mass is 9.84. The van der Waals surface area contributed by atoms with Gasteiger partial charge in [0.1, 0.15) is 6.10 Å². The Labute approximate surface area is 172 Å². The van der Waals surface area contributed by atoms with Gasteiger partial charge < -0.3 is 26.4 Å². The summed E-state index contributed by atoms with van der Waals surface area (Å²) < 4.78 is 0. The average molecular weight is 398 g/mol. The predicted octanol–water partition coefficient (Wildman–Crippen LogP) is 0.919. The molecular weight excluding hydrogens is 366 g/mol. The number of carbonyl (C=O) groups excluding carboxylic acids is 1. The third-order valence-electron chi connectivity index (χ3n) is 6.76. The highest BCUT2D eigenvalue weighted by molar-refractivity contribution is 5.96. The number of hydrogen-bond acceptors (Lipinski definition) is 5. The van der Waals surface area contributed by atoms with E-state index >= 15 is 0 Å². The summed E-state index contributed by atoms with van der Waals surface area (Å²) in [6.45, 7) is 8.82. The molecular formula is C22H31N5O2. The number of aliphatic hydroxyl groups excluding tert-OH is 1. The second-order valence-corrected chi connectivity index (χ2v) is 8.63. The largest absolute Gasteiger partial charge is 0.388 e. The Kier molecular flexibility index (Phi) is 5.02. The van der Waals surface area contributed by atoms with Crippen LogP contribution in [0.3, 0.4) is 0 Å². The lowest BCUT2D eigenvalue weighted by molar-refractivity contribution is 0.0147. The number of aliphatic imine (C=N–C) groups is 1. The quantitative estimate of drug-likeness (QED) is 0.449. The molecule has 1 aliphatic carbocycles. The zero-order valence-electron chi connectivity index (χ0n) is 17.2. The van der Waals surface area contributed by atoms with E-state index in [1.54, 1.807) is 6.92 Å². The van der Waals surface area contributed by atoms with E-state index in [1.165, 1.54) is 12.0 Å². The third kappa shape index (κ3) is 3.27. The Morgan fingerprint density at radius 1 is 1.41 bits per heavy atom. The van der Waals surface area contributed by atoms with Gasteiger partial charge in [0.15, 0.2) is 0 Å². The Morgan fingerprint density at radius 2 is 2.17 bits per heavy atom. The normalized spacial score (nSPS) is 31.7. The van der Waals surface area contributed by atoms with E-state index in [-0.39, 0.29) is 11.9 Å². The number of aliphatic hydroxyl groups is 1. The molecule has 0 radical (unpaired) electrons. The summed E-state index contributed by atoms with van der Waals surface area (Å²) in [6, 6.07) is 5.31. The molecule has 5 N–H and O–H groups in total. The maximum Gasteiger partial charge on any atom is 0.251 e. The maximum atomic E-state index is 13.1. The molecule has 0 aromatic heterocycles. The number of fused-ring (bicyclic) bond motifs is 2. The van der Waals surface area contributed by atoms with E-state index in [4.69, 9.17) is 5.73 Å². The van der Waals surface area contributed by atoms with Gasteiger partial charge in [-0.25, -0.2) is 0 Å². The minimum absolute atomic E-state index is 0.120. The Hall–Kier alpha value is -2.54. The summed E-state index contributed by atoms with van der Waals surface area (Å²) in [7, 11) is 0. The lowest BCUT2D eigenvalue weighted by Gasteiger charge is -2.48. The first-order valence-corrected chi connectivity index (χ1v) is 10.4. The first-order valence-electron chi connectivity index (χ1n) is 10.4. The fourth-order valence-electron chi connectivity index (χ4n) is 5.14. The van der Waals surface area contributed by atoms with Crippen LogP contribution >= 0.6 is 0 Å². The van der Waals surface area contributed by atoms with E-state index in [0.29, 0.717) is 18.9 Å². The van der Waals surface area contributed by atoms with Crippen LogP contribution in [0.5, 0.6) is 0 Å². The molecule has 4 unspecified atom stereocenters. The van der Waals surface area contributed by atoms with Crippen molar-refractivity contribution in [2.45, 2.75) is 63.3 Å². The number of rotatable bonds is 3. The molecule has 4 atom stereocenters. The average Bonchev–Trinajstić information content (AvgIpc) is 2.96. The van der Waals surface area contributed by atoms with Crippen molar-refractivity contribution >= 4 is 11.7 Å². The number of nitrogens with one attached hydrogen (secondary N) is 2. The molecule has 1 aromatic carbocycles. The fourth-order valence-corrected chi connectivity index (χ4v) is 5.14. The van der Waals surface area contributed by atoms with Gasteiger partial charge in [0.2, 0.25) is 0 Å². The molecule has 4 rings (SSSR count). The van der Waals surface area contributed by atoms with Gasteiger partial charge in [-0.3, -0.25) is 9.79 Å². The van der Waals surface area contributed by atoms with Crippen LogP contribution in [0.4, 0.5) is 0 Å². The summed E-state index contributed by atoms with van der Waals surface area (Å²) in [5.74, 6) is 1.09. The number of nitrogens with two attached hydrogens (primary N) is 1. The van der Waals surface area contributed by atoms with Crippen LogP contribution in [0.1, 0.15) is 48.2 Å². The number of amides is 1. The molecule has 1 amide bonds. The van der Waals surface area contributed by atoms with Gasteiger partial charge in [-0.1, -0.05) is 18.7 Å². The van der Waals surface area contributed by atoms with Crippen LogP contribution in [0, 0.1) is 0 Å². The highest BCUT2D eigenvalue weighted by Crippen LogP contribution is 2.39. The van der Waals surface area contributed by atoms with Crippen molar-refractivity contribution in [1.82, 2.24) is 15.5 Å². The minimum atomic E-state index is -0.794. The zero-order valence-corrected chi connectivity index (χ0v) is 17.2. The maximum absolute atomic E-state index is 13.1. The fraction of sp³-hybridized carbons (Fsp3) is 0.545. The molecule has 0 spiro atoms. The second kappa shape index (κ2) is 7.37. The lowest BCUT2D eigenvalue weighted by Crippen LogP contribution is -2.64. The van der Waals surface area contributed by atoms with E-state index < -0.39 is 17.7 Å². The summed E-state index contributed by atoms with van der Waals surface area (Å²) in [4.78, 5) is 19.7. The molecule has 2 heterocycles. The van der Waals surface area contributed by atoms with Crippen LogP contribution in [0.2, 0.25) is 0 Å². The van der Waals surface area contributed by atoms with Gasteiger partial charge in [-0.2, -0.15) is 0 Å². The highest BCUT2D eigenvalue weighted by Gasteiger charge is 2.57. The van der Waals surface area contributed by atoms with Crippen molar-refractivity contribution < 1.29 is 9.90 Å². The molecule has 2 aliphatic heterocycles. The number of aryl methyl sites for hydroxylation is 1. The van der Waals surface area contributed by atoms with Crippen LogP contribution in [-0.2, 0) is 12.8 Å². The molecule has 156 valence electrons. The molecule has 2 fully saturated rings. The molecule has 3 aliphatic rings. The van der Waals surface area contributed by atoms with Crippen molar-refractivity contribution in [2.75, 3.05) is 13.1 Å². The molecule has 1 aromatic rings. The van der Waals surface area contributed by atoms with Gasteiger partial charge in [-0.05, 0) is 56.7 Å². The van der Waals surface area contributed by atoms with Gasteiger partial charge in [-0.15, -0.1) is 0 Å². The first kappa shape index (κ1) is 19.8. The Morgan fingerprint density at radius 3 is 2.93 bits per heavy atom.